The number of aromatic hydroxyl groups is 1. The lowest BCUT2D eigenvalue weighted by Gasteiger charge is -2.05. The third-order valence-electron chi connectivity index (χ3n) is 1.70. The molecule has 0 spiro atoms. The lowest BCUT2D eigenvalue weighted by Crippen LogP contribution is -2.13. The molecule has 0 aromatic heterocycles. The highest BCUT2D eigenvalue weighted by molar-refractivity contribution is 6.39. The minimum Gasteiger partial charge on any atom is -0.502 e. The number of ether oxygens (including phenoxy) is 1. The predicted molar refractivity (Wildman–Crippen MR) is 46.6 cm³/mol. The number of benzene rings is 1. The van der Waals surface area contributed by atoms with E-state index in [1.807, 2.05) is 0 Å². The standard InChI is InChI=1S/C9H7FO5/c1-15-6-3-4(7(11)9(13)14)2-5(10)8(6)12/h2-3,12H,1H3,(H,13,14). The molecule has 0 fully saturated rings. The Morgan fingerprint density at radius 2 is 2.00 bits per heavy atom. The summed E-state index contributed by atoms with van der Waals surface area (Å²) >= 11 is 0. The topological polar surface area (TPSA) is 83.8 Å². The molecule has 0 bridgehead atoms. The Bertz CT molecular complexity index is 427. The van der Waals surface area contributed by atoms with Crippen molar-refractivity contribution in [1.82, 2.24) is 0 Å². The summed E-state index contributed by atoms with van der Waals surface area (Å²) < 4.78 is 17.5. The molecule has 0 amide bonds. The number of hydrogen-bond acceptors (Lipinski definition) is 4. The van der Waals surface area contributed by atoms with Gasteiger partial charge in [-0.1, -0.05) is 0 Å². The number of hydrogen-bond donors (Lipinski definition) is 2. The molecule has 1 aromatic rings. The van der Waals surface area contributed by atoms with Crippen molar-refractivity contribution in [2.45, 2.75) is 0 Å². The van der Waals surface area contributed by atoms with Crippen molar-refractivity contribution in [3.05, 3.63) is 23.5 Å². The molecule has 2 N–H and O–H groups in total. The molecule has 0 heterocycles. The highest BCUT2D eigenvalue weighted by Crippen LogP contribution is 2.30. The molecule has 0 saturated heterocycles. The Kier molecular flexibility index (Phi) is 2.89. The third kappa shape index (κ3) is 2.04. The maximum Gasteiger partial charge on any atom is 0.377 e. The Morgan fingerprint density at radius 1 is 1.40 bits per heavy atom. The van der Waals surface area contributed by atoms with Crippen molar-refractivity contribution >= 4 is 11.8 Å². The monoisotopic (exact) mass is 214 g/mol. The van der Waals surface area contributed by atoms with Crippen LogP contribution in [0.15, 0.2) is 12.1 Å². The number of rotatable bonds is 3. The van der Waals surface area contributed by atoms with Crippen LogP contribution in [0.5, 0.6) is 11.5 Å². The maximum atomic E-state index is 13.0. The first kappa shape index (κ1) is 11.0. The summed E-state index contributed by atoms with van der Waals surface area (Å²) in [5, 5.41) is 17.5. The molecule has 0 aliphatic carbocycles. The van der Waals surface area contributed by atoms with Crippen LogP contribution in [0.25, 0.3) is 0 Å². The van der Waals surface area contributed by atoms with Gasteiger partial charge >= 0.3 is 5.97 Å². The molecule has 80 valence electrons. The molecule has 0 atom stereocenters. The average Bonchev–Trinajstić information content (AvgIpc) is 2.20. The first-order valence-electron chi connectivity index (χ1n) is 3.81. The van der Waals surface area contributed by atoms with Crippen molar-refractivity contribution in [2.24, 2.45) is 0 Å². The van der Waals surface area contributed by atoms with Gasteiger partial charge in [0.05, 0.1) is 7.11 Å². The van der Waals surface area contributed by atoms with E-state index < -0.39 is 28.9 Å². The van der Waals surface area contributed by atoms with Gasteiger partial charge in [0.25, 0.3) is 5.78 Å². The van der Waals surface area contributed by atoms with E-state index in [0.717, 1.165) is 13.2 Å². The molecule has 6 heteroatoms. The van der Waals surface area contributed by atoms with Crippen LogP contribution in [0, 0.1) is 5.82 Å². The van der Waals surface area contributed by atoms with Gasteiger partial charge in [-0.3, -0.25) is 4.79 Å². The van der Waals surface area contributed by atoms with Crippen molar-refractivity contribution < 1.29 is 28.9 Å². The lowest BCUT2D eigenvalue weighted by molar-refractivity contribution is -0.131. The number of ketones is 1. The smallest absolute Gasteiger partial charge is 0.377 e. The number of carbonyl (C=O) groups excluding carboxylic acids is 1. The number of methoxy groups -OCH3 is 1. The number of carboxylic acid groups (broad SMARTS) is 1. The van der Waals surface area contributed by atoms with Crippen molar-refractivity contribution in [3.8, 4) is 11.5 Å². The summed E-state index contributed by atoms with van der Waals surface area (Å²) in [6, 6.07) is 1.59. The molecule has 5 nitrogen and oxygen atoms in total. The van der Waals surface area contributed by atoms with Crippen LogP contribution < -0.4 is 4.74 Å². The Labute approximate surface area is 83.7 Å². The number of halogens is 1. The average molecular weight is 214 g/mol. The van der Waals surface area contributed by atoms with E-state index in [0.29, 0.717) is 6.07 Å². The molecule has 1 aromatic carbocycles. The zero-order chi connectivity index (χ0) is 11.6. The van der Waals surface area contributed by atoms with Crippen molar-refractivity contribution in [3.63, 3.8) is 0 Å². The Morgan fingerprint density at radius 3 is 2.47 bits per heavy atom. The van der Waals surface area contributed by atoms with Gasteiger partial charge in [-0.2, -0.15) is 0 Å². The molecule has 0 aliphatic rings. The number of Topliss-reactive ketones (excluding diaryl/α,β-unsaturated/α-hetero) is 1. The number of carboxylic acids is 1. The maximum absolute atomic E-state index is 13.0. The van der Waals surface area contributed by atoms with Crippen LogP contribution in [0.2, 0.25) is 0 Å². The molecular formula is C9H7FO5. The van der Waals surface area contributed by atoms with Gasteiger partial charge in [0.2, 0.25) is 0 Å². The third-order valence-corrected chi connectivity index (χ3v) is 1.70. The van der Waals surface area contributed by atoms with E-state index in [9.17, 15) is 14.0 Å². The van der Waals surface area contributed by atoms with E-state index >= 15 is 0 Å². The van der Waals surface area contributed by atoms with Crippen LogP contribution >= 0.6 is 0 Å². The zero-order valence-corrected chi connectivity index (χ0v) is 7.65. The molecule has 0 radical (unpaired) electrons. The van der Waals surface area contributed by atoms with Gasteiger partial charge in [0, 0.05) is 5.56 Å². The quantitative estimate of drug-likeness (QED) is 0.574. The molecule has 15 heavy (non-hydrogen) atoms. The number of phenolic OH excluding ortho intramolecular Hbond substituents is 1. The van der Waals surface area contributed by atoms with Crippen LogP contribution in [-0.4, -0.2) is 29.1 Å². The fraction of sp³-hybridized carbons (Fsp3) is 0.111. The van der Waals surface area contributed by atoms with E-state index in [-0.39, 0.29) is 5.75 Å². The largest absolute Gasteiger partial charge is 0.502 e. The fourth-order valence-corrected chi connectivity index (χ4v) is 0.984. The summed E-state index contributed by atoms with van der Waals surface area (Å²) in [5.74, 6) is -5.15. The van der Waals surface area contributed by atoms with E-state index in [1.54, 1.807) is 0 Å². The van der Waals surface area contributed by atoms with Crippen LogP contribution in [0.4, 0.5) is 4.39 Å². The highest BCUT2D eigenvalue weighted by atomic mass is 19.1. The van der Waals surface area contributed by atoms with E-state index in [4.69, 9.17) is 10.2 Å². The summed E-state index contributed by atoms with van der Waals surface area (Å²) in [4.78, 5) is 21.3. The minimum atomic E-state index is -1.71. The van der Waals surface area contributed by atoms with E-state index in [1.165, 1.54) is 0 Å². The summed E-state index contributed by atoms with van der Waals surface area (Å²) in [5.41, 5.74) is -0.394. The number of carbonyl (C=O) groups is 2. The second-order valence-corrected chi connectivity index (χ2v) is 2.64. The van der Waals surface area contributed by atoms with Gasteiger partial charge in [0.15, 0.2) is 17.3 Å². The molecule has 1 rings (SSSR count). The van der Waals surface area contributed by atoms with Gasteiger partial charge in [0.1, 0.15) is 0 Å². The minimum absolute atomic E-state index is 0.292. The predicted octanol–water partition coefficient (Wildman–Crippen LogP) is 0.807. The highest BCUT2D eigenvalue weighted by Gasteiger charge is 2.19. The van der Waals surface area contributed by atoms with Gasteiger partial charge < -0.3 is 14.9 Å². The van der Waals surface area contributed by atoms with Crippen LogP contribution in [-0.2, 0) is 4.79 Å². The van der Waals surface area contributed by atoms with Gasteiger partial charge in [-0.15, -0.1) is 0 Å². The number of phenols is 1. The number of aliphatic carboxylic acids is 1. The molecule has 0 saturated carbocycles. The van der Waals surface area contributed by atoms with Gasteiger partial charge in [-0.25, -0.2) is 9.18 Å². The summed E-state index contributed by atoms with van der Waals surface area (Å²) in [7, 11) is 1.16. The Hall–Kier alpha value is -2.11. The summed E-state index contributed by atoms with van der Waals surface area (Å²) in [6.45, 7) is 0. The summed E-state index contributed by atoms with van der Waals surface area (Å²) in [6.07, 6.45) is 0. The molecular weight excluding hydrogens is 207 g/mol. The fourth-order valence-electron chi connectivity index (χ4n) is 0.984. The second kappa shape index (κ2) is 3.95. The van der Waals surface area contributed by atoms with Crippen LogP contribution in [0.1, 0.15) is 10.4 Å². The normalized spacial score (nSPS) is 9.73. The Balaban J connectivity index is 3.28. The van der Waals surface area contributed by atoms with Crippen LogP contribution in [0.3, 0.4) is 0 Å². The second-order valence-electron chi connectivity index (χ2n) is 2.64. The molecule has 0 aliphatic heterocycles. The van der Waals surface area contributed by atoms with Gasteiger partial charge in [-0.05, 0) is 12.1 Å². The van der Waals surface area contributed by atoms with Crippen molar-refractivity contribution in [2.75, 3.05) is 7.11 Å². The zero-order valence-electron chi connectivity index (χ0n) is 7.65. The lowest BCUT2D eigenvalue weighted by atomic mass is 10.1. The first-order chi connectivity index (χ1) is 6.97. The van der Waals surface area contributed by atoms with E-state index in [2.05, 4.69) is 4.74 Å². The van der Waals surface area contributed by atoms with Crippen molar-refractivity contribution in [1.29, 1.82) is 0 Å². The SMILES string of the molecule is COc1cc(C(=O)C(=O)O)cc(F)c1O. The molecule has 0 unspecified atom stereocenters. The first-order valence-corrected chi connectivity index (χ1v) is 3.81.